The highest BCUT2D eigenvalue weighted by atomic mass is 35.5. The van der Waals surface area contributed by atoms with Crippen molar-refractivity contribution in [2.75, 3.05) is 0 Å². The number of carboxylic acids is 1. The van der Waals surface area contributed by atoms with E-state index in [0.717, 1.165) is 10.5 Å². The molecule has 1 N–H and O–H groups in total. The minimum atomic E-state index is -0.825. The van der Waals surface area contributed by atoms with Crippen LogP contribution < -0.4 is 0 Å². The van der Waals surface area contributed by atoms with E-state index in [1.165, 1.54) is 11.8 Å². The maximum Gasteiger partial charge on any atom is 0.317 e. The number of aliphatic carboxylic acids is 1. The van der Waals surface area contributed by atoms with E-state index in [-0.39, 0.29) is 0 Å². The van der Waals surface area contributed by atoms with Gasteiger partial charge >= 0.3 is 5.97 Å². The fourth-order valence-electron chi connectivity index (χ4n) is 1.71. The van der Waals surface area contributed by atoms with Crippen molar-refractivity contribution in [3.05, 3.63) is 65.2 Å². The largest absolute Gasteiger partial charge is 0.480 e. The summed E-state index contributed by atoms with van der Waals surface area (Å²) in [7, 11) is 0. The molecule has 0 amide bonds. The van der Waals surface area contributed by atoms with Gasteiger partial charge in [-0.2, -0.15) is 0 Å². The van der Waals surface area contributed by atoms with Gasteiger partial charge in [0, 0.05) is 9.92 Å². The van der Waals surface area contributed by atoms with Crippen molar-refractivity contribution in [1.82, 2.24) is 0 Å². The third-order valence-electron chi connectivity index (χ3n) is 2.66. The summed E-state index contributed by atoms with van der Waals surface area (Å²) in [5.74, 6) is -0.825. The van der Waals surface area contributed by atoms with Crippen LogP contribution in [0.5, 0.6) is 0 Å². The SMILES string of the molecule is O=C(O)C(Cc1ccccc1Cl)Sc1ccccc1. The number of hydrogen-bond acceptors (Lipinski definition) is 2. The van der Waals surface area contributed by atoms with E-state index in [1.807, 2.05) is 48.5 Å². The molecule has 0 heterocycles. The van der Waals surface area contributed by atoms with Gasteiger partial charge in [0.25, 0.3) is 0 Å². The lowest BCUT2D eigenvalue weighted by molar-refractivity contribution is -0.136. The zero-order chi connectivity index (χ0) is 13.7. The van der Waals surface area contributed by atoms with Gasteiger partial charge in [0.05, 0.1) is 0 Å². The Bertz CT molecular complexity index is 557. The van der Waals surface area contributed by atoms with Gasteiger partial charge in [-0.15, -0.1) is 11.8 Å². The van der Waals surface area contributed by atoms with E-state index in [4.69, 9.17) is 11.6 Å². The van der Waals surface area contributed by atoms with Gasteiger partial charge < -0.3 is 5.11 Å². The molecule has 0 saturated carbocycles. The van der Waals surface area contributed by atoms with Crippen molar-refractivity contribution >= 4 is 29.3 Å². The fourth-order valence-corrected chi connectivity index (χ4v) is 2.93. The van der Waals surface area contributed by atoms with Crippen LogP contribution in [0, 0.1) is 0 Å². The molecule has 1 atom stereocenters. The predicted molar refractivity (Wildman–Crippen MR) is 78.9 cm³/mol. The molecule has 98 valence electrons. The average molecular weight is 293 g/mol. The number of carboxylic acid groups (broad SMARTS) is 1. The van der Waals surface area contributed by atoms with Crippen molar-refractivity contribution in [3.63, 3.8) is 0 Å². The first-order valence-electron chi connectivity index (χ1n) is 5.85. The molecule has 19 heavy (non-hydrogen) atoms. The van der Waals surface area contributed by atoms with E-state index in [9.17, 15) is 9.90 Å². The quantitative estimate of drug-likeness (QED) is 0.842. The van der Waals surface area contributed by atoms with Crippen LogP contribution >= 0.6 is 23.4 Å². The van der Waals surface area contributed by atoms with Gasteiger partial charge in [-0.25, -0.2) is 0 Å². The molecule has 4 heteroatoms. The molecule has 2 aromatic carbocycles. The Labute approximate surface area is 121 Å². The Balaban J connectivity index is 2.13. The molecular formula is C15H13ClO2S. The molecule has 0 spiro atoms. The molecule has 0 aliphatic carbocycles. The monoisotopic (exact) mass is 292 g/mol. The van der Waals surface area contributed by atoms with Crippen LogP contribution in [0.25, 0.3) is 0 Å². The minimum Gasteiger partial charge on any atom is -0.480 e. The van der Waals surface area contributed by atoms with Crippen LogP contribution in [0.15, 0.2) is 59.5 Å². The Morgan fingerprint density at radius 1 is 1.11 bits per heavy atom. The van der Waals surface area contributed by atoms with Crippen molar-refractivity contribution in [2.24, 2.45) is 0 Å². The molecule has 0 radical (unpaired) electrons. The first kappa shape index (κ1) is 14.0. The molecule has 0 aromatic heterocycles. The first-order chi connectivity index (χ1) is 9.16. The highest BCUT2D eigenvalue weighted by Gasteiger charge is 2.20. The molecule has 0 aliphatic heterocycles. The molecule has 1 unspecified atom stereocenters. The second kappa shape index (κ2) is 6.64. The van der Waals surface area contributed by atoms with Crippen LogP contribution in [0.1, 0.15) is 5.56 Å². The summed E-state index contributed by atoms with van der Waals surface area (Å²) in [6.45, 7) is 0. The second-order valence-electron chi connectivity index (χ2n) is 4.05. The van der Waals surface area contributed by atoms with E-state index in [0.29, 0.717) is 11.4 Å². The van der Waals surface area contributed by atoms with Crippen molar-refractivity contribution < 1.29 is 9.90 Å². The standard InChI is InChI=1S/C15H13ClO2S/c16-13-9-5-4-6-11(13)10-14(15(17)18)19-12-7-2-1-3-8-12/h1-9,14H,10H2,(H,17,18). The van der Waals surface area contributed by atoms with Gasteiger partial charge in [0.2, 0.25) is 0 Å². The number of benzene rings is 2. The van der Waals surface area contributed by atoms with Gasteiger partial charge in [0.15, 0.2) is 0 Å². The number of hydrogen-bond donors (Lipinski definition) is 1. The normalized spacial score (nSPS) is 12.1. The maximum absolute atomic E-state index is 11.4. The first-order valence-corrected chi connectivity index (χ1v) is 7.10. The molecule has 2 aromatic rings. The molecule has 0 aliphatic rings. The predicted octanol–water partition coefficient (Wildman–Crippen LogP) is 4.13. The molecule has 0 fully saturated rings. The lowest BCUT2D eigenvalue weighted by Crippen LogP contribution is -2.19. The average Bonchev–Trinajstić information content (AvgIpc) is 2.41. The lowest BCUT2D eigenvalue weighted by atomic mass is 10.1. The summed E-state index contributed by atoms with van der Waals surface area (Å²) in [5.41, 5.74) is 0.861. The molecule has 0 bridgehead atoms. The lowest BCUT2D eigenvalue weighted by Gasteiger charge is -2.13. The van der Waals surface area contributed by atoms with Gasteiger partial charge in [-0.3, -0.25) is 4.79 Å². The van der Waals surface area contributed by atoms with Crippen molar-refractivity contribution in [3.8, 4) is 0 Å². The Morgan fingerprint density at radius 3 is 2.37 bits per heavy atom. The fraction of sp³-hybridized carbons (Fsp3) is 0.133. The summed E-state index contributed by atoms with van der Waals surface area (Å²) >= 11 is 7.42. The van der Waals surface area contributed by atoms with Gasteiger partial charge in [0.1, 0.15) is 5.25 Å². The van der Waals surface area contributed by atoms with Crippen LogP contribution in [-0.4, -0.2) is 16.3 Å². The minimum absolute atomic E-state index is 0.411. The summed E-state index contributed by atoms with van der Waals surface area (Å²) < 4.78 is 0. The molecular weight excluding hydrogens is 280 g/mol. The number of carbonyl (C=O) groups is 1. The van der Waals surface area contributed by atoms with Gasteiger partial charge in [-0.05, 0) is 30.2 Å². The van der Waals surface area contributed by atoms with Crippen molar-refractivity contribution in [1.29, 1.82) is 0 Å². The third-order valence-corrected chi connectivity index (χ3v) is 4.23. The van der Waals surface area contributed by atoms with E-state index < -0.39 is 11.2 Å². The summed E-state index contributed by atoms with van der Waals surface area (Å²) in [4.78, 5) is 12.3. The third kappa shape index (κ3) is 4.01. The number of thioether (sulfide) groups is 1. The zero-order valence-electron chi connectivity index (χ0n) is 10.1. The van der Waals surface area contributed by atoms with Crippen LogP contribution in [0.3, 0.4) is 0 Å². The van der Waals surface area contributed by atoms with E-state index in [1.54, 1.807) is 6.07 Å². The Hall–Kier alpha value is -1.45. The summed E-state index contributed by atoms with van der Waals surface area (Å²) in [6.07, 6.45) is 0.411. The molecule has 0 saturated heterocycles. The number of rotatable bonds is 5. The number of halogens is 1. The maximum atomic E-state index is 11.4. The van der Waals surface area contributed by atoms with Crippen molar-refractivity contribution in [2.45, 2.75) is 16.6 Å². The molecule has 2 nitrogen and oxygen atoms in total. The smallest absolute Gasteiger partial charge is 0.317 e. The summed E-state index contributed by atoms with van der Waals surface area (Å²) in [5, 5.41) is 9.40. The van der Waals surface area contributed by atoms with E-state index in [2.05, 4.69) is 0 Å². The Morgan fingerprint density at radius 2 is 1.74 bits per heavy atom. The van der Waals surface area contributed by atoms with Crippen LogP contribution in [0.4, 0.5) is 0 Å². The highest BCUT2D eigenvalue weighted by molar-refractivity contribution is 8.00. The second-order valence-corrected chi connectivity index (χ2v) is 5.74. The zero-order valence-corrected chi connectivity index (χ0v) is 11.7. The van der Waals surface area contributed by atoms with Crippen LogP contribution in [0.2, 0.25) is 5.02 Å². The van der Waals surface area contributed by atoms with E-state index >= 15 is 0 Å². The summed E-state index contributed by atoms with van der Waals surface area (Å²) in [6, 6.07) is 16.9. The Kier molecular flexibility index (Phi) is 4.88. The molecule has 2 rings (SSSR count). The highest BCUT2D eigenvalue weighted by Crippen LogP contribution is 2.28. The van der Waals surface area contributed by atoms with Crippen LogP contribution in [-0.2, 0) is 11.2 Å². The van der Waals surface area contributed by atoms with Gasteiger partial charge in [-0.1, -0.05) is 48.0 Å². The topological polar surface area (TPSA) is 37.3 Å².